The molecule has 16 heavy (non-hydrogen) atoms. The van der Waals surface area contributed by atoms with E-state index in [4.69, 9.17) is 5.73 Å². The van der Waals surface area contributed by atoms with E-state index in [0.717, 1.165) is 12.8 Å². The number of nitrogens with one attached hydrogen (secondary N) is 1. The van der Waals surface area contributed by atoms with Crippen molar-refractivity contribution in [2.75, 3.05) is 11.6 Å². The first-order chi connectivity index (χ1) is 7.47. The van der Waals surface area contributed by atoms with Crippen LogP contribution in [0.5, 0.6) is 0 Å². The zero-order valence-electron chi connectivity index (χ0n) is 9.05. The van der Waals surface area contributed by atoms with Crippen LogP contribution in [0.15, 0.2) is 23.2 Å². The van der Waals surface area contributed by atoms with Gasteiger partial charge in [-0.15, -0.1) is 0 Å². The monoisotopic (exact) mass is 241 g/mol. The van der Waals surface area contributed by atoms with Gasteiger partial charge in [0.05, 0.1) is 0 Å². The molecule has 5 nitrogen and oxygen atoms in total. The third-order valence-corrected chi connectivity index (χ3v) is 3.81. The zero-order valence-corrected chi connectivity index (χ0v) is 9.87. The Morgan fingerprint density at radius 2 is 2.19 bits per heavy atom. The Morgan fingerprint density at radius 3 is 2.75 bits per heavy atom. The van der Waals surface area contributed by atoms with E-state index in [9.17, 15) is 8.42 Å². The van der Waals surface area contributed by atoms with Crippen molar-refractivity contribution >= 4 is 15.7 Å². The Balaban J connectivity index is 2.21. The minimum atomic E-state index is -3.23. The van der Waals surface area contributed by atoms with E-state index in [-0.39, 0.29) is 17.0 Å². The van der Waals surface area contributed by atoms with Gasteiger partial charge in [-0.05, 0) is 25.0 Å². The van der Waals surface area contributed by atoms with Gasteiger partial charge in [-0.2, -0.15) is 0 Å². The predicted molar refractivity (Wildman–Crippen MR) is 62.0 cm³/mol. The van der Waals surface area contributed by atoms with E-state index in [1.54, 1.807) is 18.3 Å². The number of hydrogen-bond donors (Lipinski definition) is 2. The molecule has 1 fully saturated rings. The molecule has 1 aromatic heterocycles. The molecule has 3 N–H and O–H groups in total. The van der Waals surface area contributed by atoms with Gasteiger partial charge in [0.15, 0.2) is 9.84 Å². The van der Waals surface area contributed by atoms with Crippen LogP contribution in [-0.4, -0.2) is 31.7 Å². The number of pyridine rings is 1. The van der Waals surface area contributed by atoms with Gasteiger partial charge in [0, 0.05) is 24.5 Å². The molecule has 0 aliphatic heterocycles. The molecule has 1 aromatic rings. The highest BCUT2D eigenvalue weighted by Crippen LogP contribution is 2.25. The summed E-state index contributed by atoms with van der Waals surface area (Å²) >= 11 is 0. The second kappa shape index (κ2) is 4.03. The first kappa shape index (κ1) is 11.3. The Hall–Kier alpha value is -1.14. The fraction of sp³-hybridized carbons (Fsp3) is 0.500. The van der Waals surface area contributed by atoms with Crippen molar-refractivity contribution in [1.82, 2.24) is 4.98 Å². The molecule has 0 radical (unpaired) electrons. The Morgan fingerprint density at radius 1 is 1.50 bits per heavy atom. The van der Waals surface area contributed by atoms with Gasteiger partial charge in [0.2, 0.25) is 0 Å². The fourth-order valence-corrected chi connectivity index (χ4v) is 2.56. The fourth-order valence-electron chi connectivity index (χ4n) is 1.77. The topological polar surface area (TPSA) is 85.1 Å². The summed E-state index contributed by atoms with van der Waals surface area (Å²) in [7, 11) is -3.23. The number of hydrogen-bond acceptors (Lipinski definition) is 5. The highest BCUT2D eigenvalue weighted by atomic mass is 32.2. The highest BCUT2D eigenvalue weighted by molar-refractivity contribution is 7.90. The summed E-state index contributed by atoms with van der Waals surface area (Å²) in [5.74, 6) is 0.432. The van der Waals surface area contributed by atoms with Gasteiger partial charge in [-0.1, -0.05) is 0 Å². The van der Waals surface area contributed by atoms with Gasteiger partial charge < -0.3 is 11.1 Å². The van der Waals surface area contributed by atoms with Crippen LogP contribution in [0.4, 0.5) is 5.82 Å². The second-order valence-corrected chi connectivity index (χ2v) is 6.18. The third kappa shape index (κ3) is 2.33. The van der Waals surface area contributed by atoms with Crippen molar-refractivity contribution in [3.63, 3.8) is 0 Å². The summed E-state index contributed by atoms with van der Waals surface area (Å²) in [6.07, 6.45) is 4.48. The molecule has 0 unspecified atom stereocenters. The lowest BCUT2D eigenvalue weighted by Crippen LogP contribution is -2.44. The van der Waals surface area contributed by atoms with Crippen molar-refractivity contribution in [3.8, 4) is 0 Å². The van der Waals surface area contributed by atoms with E-state index < -0.39 is 9.84 Å². The molecule has 0 amide bonds. The summed E-state index contributed by atoms with van der Waals surface area (Å²) in [6.45, 7) is 0. The normalized spacial score (nSPS) is 24.9. The maximum atomic E-state index is 11.5. The van der Waals surface area contributed by atoms with Crippen molar-refractivity contribution in [1.29, 1.82) is 0 Å². The molecular formula is C10H15N3O2S. The van der Waals surface area contributed by atoms with Crippen LogP contribution < -0.4 is 11.1 Å². The predicted octanol–water partition coefficient (Wildman–Crippen LogP) is 0.387. The molecule has 0 atom stereocenters. The molecule has 1 heterocycles. The van der Waals surface area contributed by atoms with Crippen LogP contribution >= 0.6 is 0 Å². The molecule has 0 bridgehead atoms. The average Bonchev–Trinajstić information content (AvgIpc) is 2.14. The van der Waals surface area contributed by atoms with Gasteiger partial charge in [0.1, 0.15) is 10.7 Å². The Bertz CT molecular complexity index is 481. The summed E-state index contributed by atoms with van der Waals surface area (Å²) in [5.41, 5.74) is 5.67. The van der Waals surface area contributed by atoms with E-state index in [2.05, 4.69) is 10.3 Å². The number of nitrogens with two attached hydrogens (primary N) is 1. The molecular weight excluding hydrogens is 226 g/mol. The molecule has 6 heteroatoms. The number of anilines is 1. The summed E-state index contributed by atoms with van der Waals surface area (Å²) in [4.78, 5) is 4.31. The van der Waals surface area contributed by atoms with E-state index in [1.807, 2.05) is 0 Å². The van der Waals surface area contributed by atoms with E-state index in [1.165, 1.54) is 6.26 Å². The molecule has 0 saturated heterocycles. The maximum absolute atomic E-state index is 11.5. The van der Waals surface area contributed by atoms with Gasteiger partial charge in [-0.3, -0.25) is 0 Å². The molecule has 0 spiro atoms. The highest BCUT2D eigenvalue weighted by Gasteiger charge is 2.27. The Kier molecular flexibility index (Phi) is 2.86. The first-order valence-electron chi connectivity index (χ1n) is 5.14. The standard InChI is InChI=1S/C10H15N3O2S/c1-16(14,15)9-3-2-4-12-10(9)13-8-5-7(11)6-8/h2-4,7-8H,5-6,11H2,1H3,(H,12,13). The number of sulfone groups is 1. The van der Waals surface area contributed by atoms with Crippen molar-refractivity contribution in [2.45, 2.75) is 29.8 Å². The van der Waals surface area contributed by atoms with Gasteiger partial charge in [-0.25, -0.2) is 13.4 Å². The zero-order chi connectivity index (χ0) is 11.8. The van der Waals surface area contributed by atoms with Gasteiger partial charge in [0.25, 0.3) is 0 Å². The lowest BCUT2D eigenvalue weighted by molar-refractivity contribution is 0.372. The molecule has 1 aliphatic carbocycles. The quantitative estimate of drug-likeness (QED) is 0.799. The summed E-state index contributed by atoms with van der Waals surface area (Å²) < 4.78 is 23.0. The second-order valence-electron chi connectivity index (χ2n) is 4.20. The first-order valence-corrected chi connectivity index (χ1v) is 7.03. The molecule has 1 saturated carbocycles. The van der Waals surface area contributed by atoms with Crippen molar-refractivity contribution < 1.29 is 8.42 Å². The molecule has 1 aliphatic rings. The van der Waals surface area contributed by atoms with Crippen LogP contribution in [0.2, 0.25) is 0 Å². The Labute approximate surface area is 95.0 Å². The van der Waals surface area contributed by atoms with Crippen molar-refractivity contribution in [2.24, 2.45) is 5.73 Å². The van der Waals surface area contributed by atoms with Crippen LogP contribution in [-0.2, 0) is 9.84 Å². The SMILES string of the molecule is CS(=O)(=O)c1cccnc1NC1CC(N)C1. The summed E-state index contributed by atoms with van der Waals surface area (Å²) in [5, 5.41) is 3.11. The van der Waals surface area contributed by atoms with Crippen LogP contribution in [0.1, 0.15) is 12.8 Å². The van der Waals surface area contributed by atoms with E-state index >= 15 is 0 Å². The largest absolute Gasteiger partial charge is 0.366 e. The lowest BCUT2D eigenvalue weighted by atomic mass is 9.88. The minimum absolute atomic E-state index is 0.225. The maximum Gasteiger partial charge on any atom is 0.179 e. The molecule has 88 valence electrons. The molecule has 2 rings (SSSR count). The summed E-state index contributed by atoms with van der Waals surface area (Å²) in [6, 6.07) is 3.64. The number of rotatable bonds is 3. The lowest BCUT2D eigenvalue weighted by Gasteiger charge is -2.33. The van der Waals surface area contributed by atoms with Crippen molar-refractivity contribution in [3.05, 3.63) is 18.3 Å². The average molecular weight is 241 g/mol. The molecule has 0 aromatic carbocycles. The minimum Gasteiger partial charge on any atom is -0.366 e. The van der Waals surface area contributed by atoms with E-state index in [0.29, 0.717) is 5.82 Å². The number of nitrogens with zero attached hydrogens (tertiary/aromatic N) is 1. The number of aromatic nitrogens is 1. The van der Waals surface area contributed by atoms with Gasteiger partial charge >= 0.3 is 0 Å². The third-order valence-electron chi connectivity index (χ3n) is 2.69. The van der Waals surface area contributed by atoms with Crippen LogP contribution in [0.25, 0.3) is 0 Å². The van der Waals surface area contributed by atoms with Crippen LogP contribution in [0, 0.1) is 0 Å². The smallest absolute Gasteiger partial charge is 0.179 e. The van der Waals surface area contributed by atoms with Crippen LogP contribution in [0.3, 0.4) is 0 Å².